The van der Waals surface area contributed by atoms with Crippen molar-refractivity contribution in [3.8, 4) is 11.8 Å². The molecule has 1 atom stereocenters. The maximum absolute atomic E-state index is 15.0. The van der Waals surface area contributed by atoms with Gasteiger partial charge in [0.25, 0.3) is 0 Å². The van der Waals surface area contributed by atoms with E-state index in [0.717, 1.165) is 11.9 Å². The van der Waals surface area contributed by atoms with E-state index in [9.17, 15) is 9.18 Å². The number of hydrogen-bond donors (Lipinski definition) is 1. The molecule has 1 saturated heterocycles. The Bertz CT molecular complexity index is 1530. The Morgan fingerprint density at radius 2 is 2.24 bits per heavy atom. The van der Waals surface area contributed by atoms with E-state index in [2.05, 4.69) is 28.4 Å². The largest absolute Gasteiger partial charge is 0.383 e. The van der Waals surface area contributed by atoms with Crippen LogP contribution in [0.2, 0.25) is 5.02 Å². The van der Waals surface area contributed by atoms with Gasteiger partial charge in [0.1, 0.15) is 17.0 Å². The molecule has 34 heavy (non-hydrogen) atoms. The van der Waals surface area contributed by atoms with Crippen LogP contribution in [0.4, 0.5) is 10.2 Å². The molecule has 4 aromatic rings. The Kier molecular flexibility index (Phi) is 5.46. The summed E-state index contributed by atoms with van der Waals surface area (Å²) in [6.07, 6.45) is 5.23. The highest BCUT2D eigenvalue weighted by molar-refractivity contribution is 6.32. The lowest BCUT2D eigenvalue weighted by Gasteiger charge is -2.15. The van der Waals surface area contributed by atoms with E-state index in [-0.39, 0.29) is 17.0 Å². The van der Waals surface area contributed by atoms with E-state index in [1.807, 2.05) is 17.7 Å². The van der Waals surface area contributed by atoms with Crippen LogP contribution in [0.1, 0.15) is 30.6 Å². The Morgan fingerprint density at radius 3 is 3.00 bits per heavy atom. The van der Waals surface area contributed by atoms with Crippen molar-refractivity contribution in [2.24, 2.45) is 0 Å². The number of benzene rings is 1. The van der Waals surface area contributed by atoms with Gasteiger partial charge in [0.2, 0.25) is 5.91 Å². The molecule has 5 rings (SSSR count). The van der Waals surface area contributed by atoms with Crippen molar-refractivity contribution in [3.05, 3.63) is 59.4 Å². The molecule has 1 aromatic carbocycles. The molecule has 1 aliphatic rings. The number of aromatic nitrogens is 5. The molecule has 0 unspecified atom stereocenters. The fraction of sp³-hybridized carbons (Fsp3) is 0.250. The predicted molar refractivity (Wildman–Crippen MR) is 129 cm³/mol. The van der Waals surface area contributed by atoms with Crippen LogP contribution < -0.4 is 5.73 Å². The van der Waals surface area contributed by atoms with Crippen LogP contribution in [0.15, 0.2) is 37.3 Å². The van der Waals surface area contributed by atoms with Crippen molar-refractivity contribution in [1.29, 1.82) is 0 Å². The van der Waals surface area contributed by atoms with Gasteiger partial charge in [0.15, 0.2) is 5.82 Å². The molecule has 0 aliphatic carbocycles. The number of aryl methyl sites for hydroxylation is 1. The van der Waals surface area contributed by atoms with E-state index in [1.165, 1.54) is 6.08 Å². The Morgan fingerprint density at radius 1 is 1.41 bits per heavy atom. The highest BCUT2D eigenvalue weighted by atomic mass is 35.5. The standard InChI is InChI=1S/C24H21ClFN7O/c1-3-19(34)32-10-8-15(12-32)33-18-7-9-28-24(27)20(18)16(30-33)6-5-14-11-17-23(22(26)21(14)25)31(4-2)13-29-17/h3,7,9,11,13,15H,1,4,8,10,12H2,2H3,(H2,27,28)/t15-/m0/s1. The topological polar surface area (TPSA) is 94.9 Å². The second-order valence-electron chi connectivity index (χ2n) is 8.01. The van der Waals surface area contributed by atoms with Gasteiger partial charge in [-0.15, -0.1) is 0 Å². The summed E-state index contributed by atoms with van der Waals surface area (Å²) in [4.78, 5) is 22.2. The van der Waals surface area contributed by atoms with Crippen LogP contribution in [0.3, 0.4) is 0 Å². The number of likely N-dealkylation sites (tertiary alicyclic amines) is 1. The summed E-state index contributed by atoms with van der Waals surface area (Å²) >= 11 is 6.32. The molecular formula is C24H21ClFN7O. The summed E-state index contributed by atoms with van der Waals surface area (Å²) in [5, 5.41) is 5.24. The number of amides is 1. The molecule has 1 fully saturated rings. The predicted octanol–water partition coefficient (Wildman–Crippen LogP) is 3.53. The van der Waals surface area contributed by atoms with Gasteiger partial charge in [-0.2, -0.15) is 5.10 Å². The highest BCUT2D eigenvalue weighted by Crippen LogP contribution is 2.31. The minimum atomic E-state index is -0.558. The molecule has 1 aliphatic heterocycles. The molecule has 2 N–H and O–H groups in total. The molecule has 172 valence electrons. The molecule has 0 radical (unpaired) electrons. The first-order valence-electron chi connectivity index (χ1n) is 10.8. The first-order chi connectivity index (χ1) is 16.4. The van der Waals surface area contributed by atoms with Crippen LogP contribution >= 0.6 is 11.6 Å². The number of halogens is 2. The second-order valence-corrected chi connectivity index (χ2v) is 8.39. The number of carbonyl (C=O) groups excluding carboxylic acids is 1. The minimum Gasteiger partial charge on any atom is -0.383 e. The van der Waals surface area contributed by atoms with Crippen molar-refractivity contribution < 1.29 is 9.18 Å². The van der Waals surface area contributed by atoms with E-state index >= 15 is 0 Å². The summed E-state index contributed by atoms with van der Waals surface area (Å²) in [6, 6.07) is 3.44. The summed E-state index contributed by atoms with van der Waals surface area (Å²) in [5.74, 6) is 5.56. The van der Waals surface area contributed by atoms with Crippen molar-refractivity contribution in [1.82, 2.24) is 29.2 Å². The number of rotatable bonds is 3. The first-order valence-corrected chi connectivity index (χ1v) is 11.2. The van der Waals surface area contributed by atoms with Gasteiger partial charge in [-0.1, -0.05) is 24.1 Å². The number of nitrogens with zero attached hydrogens (tertiary/aromatic N) is 6. The summed E-state index contributed by atoms with van der Waals surface area (Å²) < 4.78 is 18.5. The number of fused-ring (bicyclic) bond motifs is 2. The smallest absolute Gasteiger partial charge is 0.246 e. The zero-order valence-electron chi connectivity index (χ0n) is 18.4. The molecule has 10 heteroatoms. The maximum atomic E-state index is 15.0. The van der Waals surface area contributed by atoms with Gasteiger partial charge in [-0.05, 0) is 37.5 Å². The third-order valence-electron chi connectivity index (χ3n) is 6.09. The molecule has 4 heterocycles. The normalized spacial score (nSPS) is 15.6. The average molecular weight is 478 g/mol. The van der Waals surface area contributed by atoms with Crippen LogP contribution in [0, 0.1) is 17.7 Å². The van der Waals surface area contributed by atoms with Crippen LogP contribution in [0.5, 0.6) is 0 Å². The zero-order valence-corrected chi connectivity index (χ0v) is 19.2. The zero-order chi connectivity index (χ0) is 24.0. The maximum Gasteiger partial charge on any atom is 0.246 e. The molecule has 8 nitrogen and oxygen atoms in total. The van der Waals surface area contributed by atoms with Gasteiger partial charge < -0.3 is 15.2 Å². The fourth-order valence-corrected chi connectivity index (χ4v) is 4.56. The van der Waals surface area contributed by atoms with Crippen molar-refractivity contribution >= 4 is 45.3 Å². The van der Waals surface area contributed by atoms with Gasteiger partial charge >= 0.3 is 0 Å². The number of imidazole rings is 1. The lowest BCUT2D eigenvalue weighted by atomic mass is 10.1. The summed E-state index contributed by atoms with van der Waals surface area (Å²) in [6.45, 7) is 7.15. The molecule has 0 bridgehead atoms. The molecule has 1 amide bonds. The van der Waals surface area contributed by atoms with Gasteiger partial charge in [0, 0.05) is 31.4 Å². The fourth-order valence-electron chi connectivity index (χ4n) is 4.37. The molecule has 0 saturated carbocycles. The number of pyridine rings is 1. The van der Waals surface area contributed by atoms with E-state index in [4.69, 9.17) is 22.4 Å². The average Bonchev–Trinajstić information content (AvgIpc) is 3.57. The monoisotopic (exact) mass is 477 g/mol. The Hall–Kier alpha value is -3.90. The second kappa shape index (κ2) is 8.47. The third kappa shape index (κ3) is 3.47. The molecule has 3 aromatic heterocycles. The first kappa shape index (κ1) is 21.9. The Labute approximate surface area is 199 Å². The van der Waals surface area contributed by atoms with Crippen molar-refractivity contribution in [2.75, 3.05) is 18.8 Å². The number of hydrogen-bond acceptors (Lipinski definition) is 5. The van der Waals surface area contributed by atoms with E-state index in [1.54, 1.807) is 28.1 Å². The third-order valence-corrected chi connectivity index (χ3v) is 6.46. The number of nitrogens with two attached hydrogens (primary N) is 1. The van der Waals surface area contributed by atoms with Gasteiger partial charge in [0.05, 0.1) is 33.8 Å². The quantitative estimate of drug-likeness (QED) is 0.360. The van der Waals surface area contributed by atoms with Crippen molar-refractivity contribution in [2.45, 2.75) is 25.9 Å². The number of carbonyl (C=O) groups is 1. The summed E-state index contributed by atoms with van der Waals surface area (Å²) in [5.41, 5.74) is 8.48. The van der Waals surface area contributed by atoms with Crippen molar-refractivity contribution in [3.63, 3.8) is 0 Å². The molecular weight excluding hydrogens is 457 g/mol. The minimum absolute atomic E-state index is 0.0425. The number of nitrogen functional groups attached to an aromatic ring is 1. The lowest BCUT2D eigenvalue weighted by Crippen LogP contribution is -2.27. The SMILES string of the molecule is C=CC(=O)N1CC[C@H](n2nc(C#Cc3cc4ncn(CC)c4c(F)c3Cl)c3c(N)nccc32)C1. The van der Waals surface area contributed by atoms with E-state index in [0.29, 0.717) is 53.1 Å². The van der Waals surface area contributed by atoms with Crippen LogP contribution in [0.25, 0.3) is 21.9 Å². The number of anilines is 1. The molecule has 0 spiro atoms. The van der Waals surface area contributed by atoms with E-state index < -0.39 is 5.82 Å². The van der Waals surface area contributed by atoms with Crippen LogP contribution in [-0.4, -0.2) is 48.2 Å². The Balaban J connectivity index is 1.59. The van der Waals surface area contributed by atoms with Gasteiger partial charge in [-0.3, -0.25) is 9.48 Å². The summed E-state index contributed by atoms with van der Waals surface area (Å²) in [7, 11) is 0. The highest BCUT2D eigenvalue weighted by Gasteiger charge is 2.29. The van der Waals surface area contributed by atoms with Gasteiger partial charge in [-0.25, -0.2) is 14.4 Å². The van der Waals surface area contributed by atoms with Crippen LogP contribution in [-0.2, 0) is 11.3 Å². The lowest BCUT2D eigenvalue weighted by molar-refractivity contribution is -0.125.